The molecule has 1 aromatic carbocycles. The Labute approximate surface area is 139 Å². The number of methoxy groups -OCH3 is 1. The average Bonchev–Trinajstić information content (AvgIpc) is 2.92. The van der Waals surface area contributed by atoms with Crippen LogP contribution in [0.3, 0.4) is 0 Å². The summed E-state index contributed by atoms with van der Waals surface area (Å²) in [5.41, 5.74) is 3.14. The Kier molecular flexibility index (Phi) is 3.53. The maximum Gasteiger partial charge on any atom is 0.256 e. The summed E-state index contributed by atoms with van der Waals surface area (Å²) in [5, 5.41) is 7.60. The average molecular weight is 328 g/mol. The number of ether oxygens (including phenoxy) is 1. The molecule has 4 rings (SSSR count). The lowest BCUT2D eigenvalue weighted by Gasteiger charge is -2.27. The summed E-state index contributed by atoms with van der Waals surface area (Å²) in [4.78, 5) is 14.0. The van der Waals surface area contributed by atoms with E-state index in [1.807, 2.05) is 24.3 Å². The second-order valence-electron chi connectivity index (χ2n) is 6.38. The fraction of sp³-hybridized carbons (Fsp3) is 0.389. The molecule has 2 heterocycles. The lowest BCUT2D eigenvalue weighted by atomic mass is 9.88. The van der Waals surface area contributed by atoms with Gasteiger partial charge in [-0.3, -0.25) is 4.79 Å². The number of fused-ring (bicyclic) bond motifs is 3. The molecule has 0 saturated heterocycles. The van der Waals surface area contributed by atoms with Crippen molar-refractivity contribution in [1.29, 1.82) is 0 Å². The van der Waals surface area contributed by atoms with Gasteiger partial charge in [0.25, 0.3) is 5.91 Å². The molecule has 1 aliphatic carbocycles. The number of amides is 1. The van der Waals surface area contributed by atoms with E-state index in [1.54, 1.807) is 18.4 Å². The Morgan fingerprint density at radius 3 is 3.00 bits per heavy atom. The first-order valence-corrected chi connectivity index (χ1v) is 8.83. The predicted octanol–water partition coefficient (Wildman–Crippen LogP) is 3.74. The largest absolute Gasteiger partial charge is 0.497 e. The Balaban J connectivity index is 1.68. The van der Waals surface area contributed by atoms with Crippen molar-refractivity contribution in [3.8, 4) is 5.75 Å². The number of anilines is 1. The number of nitrogens with one attached hydrogen (secondary N) is 2. The zero-order valence-corrected chi connectivity index (χ0v) is 14.1. The number of rotatable bonds is 2. The molecule has 0 radical (unpaired) electrons. The first kappa shape index (κ1) is 14.6. The second kappa shape index (κ2) is 5.57. The van der Waals surface area contributed by atoms with Crippen LogP contribution in [-0.4, -0.2) is 13.0 Å². The molecule has 1 aliphatic heterocycles. The molecule has 23 heavy (non-hydrogen) atoms. The van der Waals surface area contributed by atoms with E-state index >= 15 is 0 Å². The highest BCUT2D eigenvalue weighted by Crippen LogP contribution is 2.42. The Morgan fingerprint density at radius 1 is 1.30 bits per heavy atom. The minimum atomic E-state index is -0.206. The minimum Gasteiger partial charge on any atom is -0.497 e. The summed E-state index contributed by atoms with van der Waals surface area (Å²) in [5.74, 6) is 1.54. The Hall–Kier alpha value is -2.01. The van der Waals surface area contributed by atoms with E-state index in [0.29, 0.717) is 5.92 Å². The highest BCUT2D eigenvalue weighted by molar-refractivity contribution is 7.16. The van der Waals surface area contributed by atoms with Crippen molar-refractivity contribution in [2.45, 2.75) is 32.4 Å². The molecule has 2 N–H and O–H groups in total. The van der Waals surface area contributed by atoms with Crippen LogP contribution in [-0.2, 0) is 12.8 Å². The lowest BCUT2D eigenvalue weighted by Crippen LogP contribution is -2.38. The third-order valence-electron chi connectivity index (χ3n) is 4.72. The standard InChI is InChI=1S/C18H20N2O2S/c1-10-6-7-13-14(8-10)23-18-15(13)17(21)19-16(20-18)11-4-3-5-12(9-11)22-2/h3-5,9-10,16,20H,6-8H2,1-2H3,(H,19,21)/t10-,16-/m0/s1. The Bertz CT molecular complexity index is 768. The van der Waals surface area contributed by atoms with Crippen molar-refractivity contribution in [3.05, 3.63) is 45.8 Å². The summed E-state index contributed by atoms with van der Waals surface area (Å²) in [6.07, 6.45) is 3.07. The Morgan fingerprint density at radius 2 is 2.17 bits per heavy atom. The van der Waals surface area contributed by atoms with Gasteiger partial charge in [0.15, 0.2) is 0 Å². The second-order valence-corrected chi connectivity index (χ2v) is 7.49. The van der Waals surface area contributed by atoms with Crippen LogP contribution >= 0.6 is 11.3 Å². The van der Waals surface area contributed by atoms with E-state index in [9.17, 15) is 4.79 Å². The third-order valence-corrected chi connectivity index (χ3v) is 5.90. The number of thiophene rings is 1. The van der Waals surface area contributed by atoms with E-state index in [1.165, 1.54) is 16.9 Å². The first-order valence-electron chi connectivity index (χ1n) is 8.01. The molecule has 2 aliphatic rings. The molecule has 0 bridgehead atoms. The van der Waals surface area contributed by atoms with Gasteiger partial charge in [0.05, 0.1) is 12.7 Å². The minimum absolute atomic E-state index is 0.0404. The monoisotopic (exact) mass is 328 g/mol. The van der Waals surface area contributed by atoms with Crippen molar-refractivity contribution in [1.82, 2.24) is 5.32 Å². The van der Waals surface area contributed by atoms with Crippen LogP contribution in [0.2, 0.25) is 0 Å². The van der Waals surface area contributed by atoms with Gasteiger partial charge in [0.1, 0.15) is 16.9 Å². The van der Waals surface area contributed by atoms with E-state index in [0.717, 1.165) is 34.7 Å². The first-order chi connectivity index (χ1) is 11.2. The highest BCUT2D eigenvalue weighted by Gasteiger charge is 2.33. The van der Waals surface area contributed by atoms with Gasteiger partial charge in [-0.05, 0) is 48.4 Å². The summed E-state index contributed by atoms with van der Waals surface area (Å²) >= 11 is 1.75. The van der Waals surface area contributed by atoms with Crippen molar-refractivity contribution < 1.29 is 9.53 Å². The molecule has 2 atom stereocenters. The summed E-state index contributed by atoms with van der Waals surface area (Å²) in [6, 6.07) is 7.81. The number of carbonyl (C=O) groups excluding carboxylic acids is 1. The van der Waals surface area contributed by atoms with Gasteiger partial charge in [-0.25, -0.2) is 0 Å². The van der Waals surface area contributed by atoms with Gasteiger partial charge in [-0.15, -0.1) is 11.3 Å². The fourth-order valence-corrected chi connectivity index (χ4v) is 4.89. The topological polar surface area (TPSA) is 50.4 Å². The molecule has 0 unspecified atom stereocenters. The van der Waals surface area contributed by atoms with Gasteiger partial charge < -0.3 is 15.4 Å². The zero-order valence-electron chi connectivity index (χ0n) is 13.3. The van der Waals surface area contributed by atoms with Gasteiger partial charge >= 0.3 is 0 Å². The normalized spacial score (nSPS) is 22.6. The summed E-state index contributed by atoms with van der Waals surface area (Å²) < 4.78 is 5.28. The number of benzene rings is 1. The molecule has 1 aromatic heterocycles. The van der Waals surface area contributed by atoms with Crippen molar-refractivity contribution >= 4 is 22.2 Å². The van der Waals surface area contributed by atoms with Gasteiger partial charge in [-0.1, -0.05) is 19.1 Å². The van der Waals surface area contributed by atoms with Crippen molar-refractivity contribution in [2.24, 2.45) is 5.92 Å². The zero-order chi connectivity index (χ0) is 16.0. The van der Waals surface area contributed by atoms with Crippen LogP contribution < -0.4 is 15.4 Å². The van der Waals surface area contributed by atoms with E-state index < -0.39 is 0 Å². The SMILES string of the molecule is COc1cccc([C@H]2NC(=O)c3c(sc4c3CC[C@H](C)C4)N2)c1. The fourth-order valence-electron chi connectivity index (χ4n) is 3.45. The van der Waals surface area contributed by atoms with Crippen LogP contribution in [0.4, 0.5) is 5.00 Å². The van der Waals surface area contributed by atoms with E-state index in [4.69, 9.17) is 4.74 Å². The number of hydrogen-bond donors (Lipinski definition) is 2. The summed E-state index contributed by atoms with van der Waals surface area (Å²) in [6.45, 7) is 2.29. The van der Waals surface area contributed by atoms with Crippen LogP contribution in [0, 0.1) is 5.92 Å². The smallest absolute Gasteiger partial charge is 0.256 e. The van der Waals surface area contributed by atoms with E-state index in [2.05, 4.69) is 17.6 Å². The highest BCUT2D eigenvalue weighted by atomic mass is 32.1. The lowest BCUT2D eigenvalue weighted by molar-refractivity contribution is 0.0935. The van der Waals surface area contributed by atoms with Crippen molar-refractivity contribution in [2.75, 3.05) is 12.4 Å². The van der Waals surface area contributed by atoms with Gasteiger partial charge in [-0.2, -0.15) is 0 Å². The molecule has 4 nitrogen and oxygen atoms in total. The number of carbonyl (C=O) groups is 1. The molecule has 1 amide bonds. The molecule has 0 fully saturated rings. The molecular formula is C18H20N2O2S. The van der Waals surface area contributed by atoms with Crippen molar-refractivity contribution in [3.63, 3.8) is 0 Å². The molecule has 5 heteroatoms. The quantitative estimate of drug-likeness (QED) is 0.883. The van der Waals surface area contributed by atoms with E-state index in [-0.39, 0.29) is 12.1 Å². The third kappa shape index (κ3) is 2.49. The van der Waals surface area contributed by atoms with Gasteiger partial charge in [0, 0.05) is 4.88 Å². The molecule has 120 valence electrons. The molecule has 2 aromatic rings. The predicted molar refractivity (Wildman–Crippen MR) is 92.3 cm³/mol. The summed E-state index contributed by atoms with van der Waals surface area (Å²) in [7, 11) is 1.65. The molecule has 0 spiro atoms. The maximum absolute atomic E-state index is 12.7. The molecular weight excluding hydrogens is 308 g/mol. The maximum atomic E-state index is 12.7. The van der Waals surface area contributed by atoms with Crippen LogP contribution in [0.1, 0.15) is 45.9 Å². The number of hydrogen-bond acceptors (Lipinski definition) is 4. The van der Waals surface area contributed by atoms with Gasteiger partial charge in [0.2, 0.25) is 0 Å². The molecule has 0 saturated carbocycles. The van der Waals surface area contributed by atoms with Crippen LogP contribution in [0.5, 0.6) is 5.75 Å². The van der Waals surface area contributed by atoms with Crippen LogP contribution in [0.15, 0.2) is 24.3 Å². The van der Waals surface area contributed by atoms with Crippen LogP contribution in [0.25, 0.3) is 0 Å².